The summed E-state index contributed by atoms with van der Waals surface area (Å²) in [5.74, 6) is 0.500. The molecule has 0 aliphatic carbocycles. The fraction of sp³-hybridized carbons (Fsp3) is 1.00. The summed E-state index contributed by atoms with van der Waals surface area (Å²) in [7, 11) is -1.55. The first-order chi connectivity index (χ1) is 6.99. The average Bonchev–Trinajstić information content (AvgIpc) is 2.60. The first-order valence-corrected chi connectivity index (χ1v) is 7.26. The highest BCUT2D eigenvalue weighted by atomic mass is 35.5. The second kappa shape index (κ2) is 5.48. The van der Waals surface area contributed by atoms with Crippen LogP contribution in [-0.2, 0) is 14.8 Å². The summed E-state index contributed by atoms with van der Waals surface area (Å²) in [5.41, 5.74) is 0. The molecule has 1 rings (SSSR count). The Hall–Kier alpha value is 0.160. The molecule has 0 spiro atoms. The van der Waals surface area contributed by atoms with Crippen LogP contribution in [0.15, 0.2) is 0 Å². The van der Waals surface area contributed by atoms with E-state index in [0.29, 0.717) is 18.9 Å². The maximum absolute atomic E-state index is 11.8. The van der Waals surface area contributed by atoms with Gasteiger partial charge in [-0.2, -0.15) is 4.31 Å². The third-order valence-electron chi connectivity index (χ3n) is 2.78. The highest BCUT2D eigenvalue weighted by Gasteiger charge is 2.33. The molecule has 0 aromatic rings. The van der Waals surface area contributed by atoms with Crippen LogP contribution in [0.3, 0.4) is 0 Å². The first kappa shape index (κ1) is 13.2. The van der Waals surface area contributed by atoms with Crippen LogP contribution in [0.25, 0.3) is 0 Å². The van der Waals surface area contributed by atoms with Crippen LogP contribution < -0.4 is 0 Å². The zero-order valence-electron chi connectivity index (χ0n) is 9.15. The number of halogens is 1. The van der Waals surface area contributed by atoms with E-state index in [2.05, 4.69) is 0 Å². The van der Waals surface area contributed by atoms with Gasteiger partial charge >= 0.3 is 0 Å². The smallest absolute Gasteiger partial charge is 0.214 e. The molecule has 15 heavy (non-hydrogen) atoms. The Labute approximate surface area is 96.6 Å². The van der Waals surface area contributed by atoms with Gasteiger partial charge in [-0.25, -0.2) is 8.42 Å². The molecule has 0 radical (unpaired) electrons. The summed E-state index contributed by atoms with van der Waals surface area (Å²) in [6.45, 7) is 2.55. The Morgan fingerprint density at radius 1 is 1.53 bits per heavy atom. The first-order valence-electron chi connectivity index (χ1n) is 5.12. The van der Waals surface area contributed by atoms with Crippen molar-refractivity contribution in [3.63, 3.8) is 0 Å². The van der Waals surface area contributed by atoms with E-state index in [1.807, 2.05) is 6.92 Å². The third kappa shape index (κ3) is 3.31. The predicted molar refractivity (Wildman–Crippen MR) is 60.7 cm³/mol. The number of hydrogen-bond donors (Lipinski definition) is 0. The van der Waals surface area contributed by atoms with Gasteiger partial charge in [0.2, 0.25) is 10.0 Å². The molecule has 1 saturated heterocycles. The van der Waals surface area contributed by atoms with Crippen molar-refractivity contribution >= 4 is 21.6 Å². The summed E-state index contributed by atoms with van der Waals surface area (Å²) in [6, 6.07) is -0.0228. The highest BCUT2D eigenvalue weighted by molar-refractivity contribution is 7.89. The van der Waals surface area contributed by atoms with Gasteiger partial charge in [-0.1, -0.05) is 0 Å². The Balaban J connectivity index is 2.62. The van der Waals surface area contributed by atoms with Gasteiger partial charge in [-0.3, -0.25) is 0 Å². The molecule has 0 amide bonds. The number of nitrogens with zero attached hydrogens (tertiary/aromatic N) is 1. The van der Waals surface area contributed by atoms with Crippen molar-refractivity contribution in [1.29, 1.82) is 0 Å². The minimum absolute atomic E-state index is 0.0132. The van der Waals surface area contributed by atoms with E-state index in [1.54, 1.807) is 7.05 Å². The van der Waals surface area contributed by atoms with Crippen LogP contribution in [0.5, 0.6) is 0 Å². The standard InChI is InChI=1S/C9H18ClNO3S/c1-8-9(4-6-14-8)11(2)15(12,13)7-3-5-10/h8-9H,3-7H2,1-2H3. The zero-order valence-corrected chi connectivity index (χ0v) is 10.7. The second-order valence-corrected chi connectivity index (χ2v) is 6.33. The van der Waals surface area contributed by atoms with Gasteiger partial charge < -0.3 is 4.74 Å². The molecule has 4 nitrogen and oxygen atoms in total. The second-order valence-electron chi connectivity index (χ2n) is 3.81. The Morgan fingerprint density at radius 3 is 2.67 bits per heavy atom. The van der Waals surface area contributed by atoms with Crippen molar-refractivity contribution in [2.45, 2.75) is 31.9 Å². The van der Waals surface area contributed by atoms with Crippen LogP contribution in [0, 0.1) is 0 Å². The van der Waals surface area contributed by atoms with Crippen molar-refractivity contribution in [2.75, 3.05) is 25.3 Å². The Bertz CT molecular complexity index is 294. The molecule has 6 heteroatoms. The van der Waals surface area contributed by atoms with Gasteiger partial charge in [0, 0.05) is 19.5 Å². The average molecular weight is 256 g/mol. The van der Waals surface area contributed by atoms with E-state index in [9.17, 15) is 8.42 Å². The molecule has 0 aromatic carbocycles. The van der Waals surface area contributed by atoms with Crippen LogP contribution in [0.4, 0.5) is 0 Å². The molecule has 2 unspecified atom stereocenters. The summed E-state index contributed by atoms with van der Waals surface area (Å²) in [6.07, 6.45) is 1.26. The minimum Gasteiger partial charge on any atom is -0.377 e. The lowest BCUT2D eigenvalue weighted by Crippen LogP contribution is -2.42. The SMILES string of the molecule is CC1OCCC1N(C)S(=O)(=O)CCCCl. The van der Waals surface area contributed by atoms with Crippen molar-refractivity contribution in [1.82, 2.24) is 4.31 Å². The predicted octanol–water partition coefficient (Wildman–Crippen LogP) is 1.05. The number of ether oxygens (including phenoxy) is 1. The van der Waals surface area contributed by atoms with E-state index in [4.69, 9.17) is 16.3 Å². The molecular weight excluding hydrogens is 238 g/mol. The van der Waals surface area contributed by atoms with Gasteiger partial charge in [0.25, 0.3) is 0 Å². The van der Waals surface area contributed by atoms with Crippen LogP contribution >= 0.6 is 11.6 Å². The van der Waals surface area contributed by atoms with Crippen molar-refractivity contribution < 1.29 is 13.2 Å². The molecule has 90 valence electrons. The van der Waals surface area contributed by atoms with E-state index < -0.39 is 10.0 Å². The van der Waals surface area contributed by atoms with Gasteiger partial charge in [-0.05, 0) is 19.8 Å². The van der Waals surface area contributed by atoms with E-state index in [1.165, 1.54) is 4.31 Å². The summed E-state index contributed by atoms with van der Waals surface area (Å²) in [5, 5.41) is 0. The molecule has 1 heterocycles. The number of alkyl halides is 1. The van der Waals surface area contributed by atoms with Gasteiger partial charge in [-0.15, -0.1) is 11.6 Å². The lowest BCUT2D eigenvalue weighted by molar-refractivity contribution is 0.102. The third-order valence-corrected chi connectivity index (χ3v) is 5.00. The molecule has 1 aliphatic rings. The molecule has 0 aromatic heterocycles. The minimum atomic E-state index is -3.17. The van der Waals surface area contributed by atoms with Gasteiger partial charge in [0.15, 0.2) is 0 Å². The number of rotatable bonds is 5. The number of likely N-dealkylation sites (N-methyl/N-ethyl adjacent to an activating group) is 1. The Morgan fingerprint density at radius 2 is 2.20 bits per heavy atom. The fourth-order valence-electron chi connectivity index (χ4n) is 1.79. The highest BCUT2D eigenvalue weighted by Crippen LogP contribution is 2.21. The van der Waals surface area contributed by atoms with E-state index in [-0.39, 0.29) is 17.9 Å². The van der Waals surface area contributed by atoms with Gasteiger partial charge in [0.1, 0.15) is 0 Å². The largest absolute Gasteiger partial charge is 0.377 e. The number of sulfonamides is 1. The van der Waals surface area contributed by atoms with Crippen LogP contribution in [0.1, 0.15) is 19.8 Å². The quantitative estimate of drug-likeness (QED) is 0.690. The molecular formula is C9H18ClNO3S. The zero-order chi connectivity index (χ0) is 11.5. The van der Waals surface area contributed by atoms with Crippen molar-refractivity contribution in [3.05, 3.63) is 0 Å². The maximum Gasteiger partial charge on any atom is 0.214 e. The molecule has 1 aliphatic heterocycles. The monoisotopic (exact) mass is 255 g/mol. The Kier molecular flexibility index (Phi) is 4.83. The summed E-state index contributed by atoms with van der Waals surface area (Å²) >= 11 is 5.49. The van der Waals surface area contributed by atoms with Crippen LogP contribution in [-0.4, -0.2) is 50.2 Å². The normalized spacial score (nSPS) is 27.5. The maximum atomic E-state index is 11.8. The van der Waals surface area contributed by atoms with Gasteiger partial charge in [0.05, 0.1) is 17.9 Å². The molecule has 0 N–H and O–H groups in total. The lowest BCUT2D eigenvalue weighted by atomic mass is 10.2. The lowest BCUT2D eigenvalue weighted by Gasteiger charge is -2.25. The molecule has 0 saturated carbocycles. The van der Waals surface area contributed by atoms with Crippen molar-refractivity contribution in [2.24, 2.45) is 0 Å². The summed E-state index contributed by atoms with van der Waals surface area (Å²) < 4.78 is 30.5. The topological polar surface area (TPSA) is 46.6 Å². The molecule has 2 atom stereocenters. The van der Waals surface area contributed by atoms with Crippen LogP contribution in [0.2, 0.25) is 0 Å². The van der Waals surface area contributed by atoms with E-state index in [0.717, 1.165) is 6.42 Å². The number of hydrogen-bond acceptors (Lipinski definition) is 3. The summed E-state index contributed by atoms with van der Waals surface area (Å²) in [4.78, 5) is 0. The molecule has 1 fully saturated rings. The fourth-order valence-corrected chi connectivity index (χ4v) is 3.56. The van der Waals surface area contributed by atoms with E-state index >= 15 is 0 Å². The molecule has 0 bridgehead atoms. The van der Waals surface area contributed by atoms with Crippen molar-refractivity contribution in [3.8, 4) is 0 Å².